The maximum Gasteiger partial charge on any atom is 0.273 e. The van der Waals surface area contributed by atoms with Gasteiger partial charge in [-0.2, -0.15) is 0 Å². The number of likely N-dealkylation sites (tertiary alicyclic amines) is 1. The first kappa shape index (κ1) is 18.9. The van der Waals surface area contributed by atoms with Crippen molar-refractivity contribution in [2.75, 3.05) is 26.2 Å². The molecule has 4 rings (SSSR count). The molecule has 0 unspecified atom stereocenters. The Labute approximate surface area is 163 Å². The van der Waals surface area contributed by atoms with Gasteiger partial charge >= 0.3 is 0 Å². The van der Waals surface area contributed by atoms with Crippen LogP contribution in [0.4, 0.5) is 0 Å². The Balaban J connectivity index is 1.51. The lowest BCUT2D eigenvalue weighted by molar-refractivity contribution is -0.153. The van der Waals surface area contributed by atoms with Gasteiger partial charge in [0.25, 0.3) is 5.91 Å². The predicted octanol–water partition coefficient (Wildman–Crippen LogP) is -0.100. The van der Waals surface area contributed by atoms with Crippen molar-refractivity contribution >= 4 is 17.7 Å². The highest BCUT2D eigenvalue weighted by atomic mass is 16.5. The van der Waals surface area contributed by atoms with E-state index in [1.807, 2.05) is 4.90 Å². The Morgan fingerprint density at radius 3 is 2.86 bits per heavy atom. The molecule has 3 aliphatic heterocycles. The minimum Gasteiger partial charge on any atom is -0.369 e. The summed E-state index contributed by atoms with van der Waals surface area (Å²) in [5.74, 6) is 0.674. The molecule has 3 saturated heterocycles. The van der Waals surface area contributed by atoms with Crippen molar-refractivity contribution in [1.29, 1.82) is 0 Å². The van der Waals surface area contributed by atoms with Crippen molar-refractivity contribution in [2.24, 2.45) is 17.6 Å². The number of piperidine rings is 3. The van der Waals surface area contributed by atoms with Gasteiger partial charge in [0, 0.05) is 38.2 Å². The summed E-state index contributed by atoms with van der Waals surface area (Å²) in [5, 5.41) is 6.68. The summed E-state index contributed by atoms with van der Waals surface area (Å²) >= 11 is 0. The Morgan fingerprint density at radius 2 is 2.14 bits per heavy atom. The van der Waals surface area contributed by atoms with Crippen LogP contribution in [0.2, 0.25) is 0 Å². The van der Waals surface area contributed by atoms with Gasteiger partial charge in [0.1, 0.15) is 5.76 Å². The molecule has 9 heteroatoms. The maximum absolute atomic E-state index is 12.7. The van der Waals surface area contributed by atoms with Crippen LogP contribution in [0.5, 0.6) is 0 Å². The fourth-order valence-electron chi connectivity index (χ4n) is 5.25. The Kier molecular flexibility index (Phi) is 5.09. The number of nitrogens with zero attached hydrogens (tertiary/aromatic N) is 3. The number of amides is 3. The van der Waals surface area contributed by atoms with E-state index in [4.69, 9.17) is 10.3 Å². The molecule has 3 N–H and O–H groups in total. The number of aromatic nitrogens is 1. The molecule has 0 saturated carbocycles. The van der Waals surface area contributed by atoms with Crippen molar-refractivity contribution in [3.8, 4) is 0 Å². The van der Waals surface area contributed by atoms with E-state index in [9.17, 15) is 14.4 Å². The summed E-state index contributed by atoms with van der Waals surface area (Å²) in [6, 6.07) is 1.68. The molecule has 0 spiro atoms. The molecule has 1 aromatic heterocycles. The van der Waals surface area contributed by atoms with Gasteiger partial charge in [-0.1, -0.05) is 5.16 Å². The molecular weight excluding hydrogens is 362 g/mol. The molecule has 152 valence electrons. The van der Waals surface area contributed by atoms with Gasteiger partial charge in [-0.05, 0) is 38.0 Å². The normalized spacial score (nSPS) is 30.0. The lowest BCUT2D eigenvalue weighted by atomic mass is 9.72. The molecule has 28 heavy (non-hydrogen) atoms. The van der Waals surface area contributed by atoms with Crippen LogP contribution in [0.3, 0.4) is 0 Å². The molecule has 9 nitrogen and oxygen atoms in total. The third-order valence-corrected chi connectivity index (χ3v) is 6.28. The van der Waals surface area contributed by atoms with Crippen LogP contribution in [0, 0.1) is 18.8 Å². The summed E-state index contributed by atoms with van der Waals surface area (Å²) < 4.78 is 4.97. The molecule has 1 aromatic rings. The van der Waals surface area contributed by atoms with Gasteiger partial charge in [-0.25, -0.2) is 0 Å². The quantitative estimate of drug-likeness (QED) is 0.725. The summed E-state index contributed by atoms with van der Waals surface area (Å²) in [6.45, 7) is 3.85. The first-order valence-electron chi connectivity index (χ1n) is 9.95. The zero-order valence-corrected chi connectivity index (χ0v) is 16.1. The smallest absolute Gasteiger partial charge is 0.273 e. The van der Waals surface area contributed by atoms with Crippen LogP contribution in [0.25, 0.3) is 0 Å². The topological polar surface area (TPSA) is 122 Å². The number of primary amides is 1. The lowest BCUT2D eigenvalue weighted by Gasteiger charge is -2.56. The SMILES string of the molecule is Cc1cc(C(=O)NC[C@H]2[C@H]3C[C@H](CN(CC(N)=O)C3)[C@@H]3CCCC(=O)N32)no1. The predicted molar refractivity (Wildman–Crippen MR) is 99.1 cm³/mol. The highest BCUT2D eigenvalue weighted by molar-refractivity contribution is 5.92. The number of hydrogen-bond acceptors (Lipinski definition) is 6. The van der Waals surface area contributed by atoms with E-state index in [0.717, 1.165) is 25.8 Å². The number of nitrogens with one attached hydrogen (secondary N) is 1. The van der Waals surface area contributed by atoms with Crippen molar-refractivity contribution < 1.29 is 18.9 Å². The number of carbonyl (C=O) groups excluding carboxylic acids is 3. The Bertz CT molecular complexity index is 778. The monoisotopic (exact) mass is 389 g/mol. The van der Waals surface area contributed by atoms with Crippen molar-refractivity contribution in [1.82, 2.24) is 20.3 Å². The second-order valence-corrected chi connectivity index (χ2v) is 8.28. The molecule has 4 atom stereocenters. The third-order valence-electron chi connectivity index (χ3n) is 6.28. The first-order chi connectivity index (χ1) is 13.4. The van der Waals surface area contributed by atoms with E-state index in [0.29, 0.717) is 31.2 Å². The van der Waals surface area contributed by atoms with Gasteiger partial charge < -0.3 is 20.5 Å². The largest absolute Gasteiger partial charge is 0.369 e. The molecule has 3 aliphatic rings. The van der Waals surface area contributed by atoms with Crippen LogP contribution in [0.1, 0.15) is 41.9 Å². The lowest BCUT2D eigenvalue weighted by Crippen LogP contribution is -2.67. The summed E-state index contributed by atoms with van der Waals surface area (Å²) in [4.78, 5) is 40.7. The highest BCUT2D eigenvalue weighted by Crippen LogP contribution is 2.41. The molecular formula is C19H27N5O4. The summed E-state index contributed by atoms with van der Waals surface area (Å²) in [6.07, 6.45) is 3.44. The van der Waals surface area contributed by atoms with Crippen LogP contribution in [-0.2, 0) is 9.59 Å². The van der Waals surface area contributed by atoms with E-state index in [1.165, 1.54) is 0 Å². The van der Waals surface area contributed by atoms with Crippen LogP contribution >= 0.6 is 0 Å². The average molecular weight is 389 g/mol. The molecule has 0 aliphatic carbocycles. The van der Waals surface area contributed by atoms with E-state index < -0.39 is 0 Å². The minimum atomic E-state index is -0.331. The van der Waals surface area contributed by atoms with Gasteiger partial charge in [0.15, 0.2) is 5.69 Å². The van der Waals surface area contributed by atoms with E-state index in [2.05, 4.69) is 15.4 Å². The summed E-state index contributed by atoms with van der Waals surface area (Å²) in [5.41, 5.74) is 5.65. The van der Waals surface area contributed by atoms with Gasteiger partial charge in [0.05, 0.1) is 12.6 Å². The maximum atomic E-state index is 12.7. The third kappa shape index (κ3) is 3.63. The minimum absolute atomic E-state index is 0.0818. The zero-order valence-electron chi connectivity index (χ0n) is 16.1. The Hall–Kier alpha value is -2.42. The zero-order chi connectivity index (χ0) is 19.8. The number of hydrogen-bond donors (Lipinski definition) is 2. The molecule has 0 aromatic carbocycles. The van der Waals surface area contributed by atoms with Crippen molar-refractivity contribution in [2.45, 2.75) is 44.7 Å². The number of aryl methyl sites for hydroxylation is 1. The van der Waals surface area contributed by atoms with Crippen LogP contribution in [0.15, 0.2) is 10.6 Å². The standard InChI is InChI=1S/C19H27N5O4/c1-11-5-14(22-28-11)19(27)21-7-16-13-6-12(8-23(9-13)10-17(20)25)15-3-2-4-18(26)24(15)16/h5,12-13,15-16H,2-4,6-10H2,1H3,(H2,20,25)(H,21,27)/t12-,13+,15+,16+/m1/s1. The number of fused-ring (bicyclic) bond motifs is 4. The highest BCUT2D eigenvalue weighted by Gasteiger charge is 2.49. The van der Waals surface area contributed by atoms with Crippen LogP contribution < -0.4 is 11.1 Å². The second-order valence-electron chi connectivity index (χ2n) is 8.28. The molecule has 3 fully saturated rings. The number of carbonyl (C=O) groups is 3. The Morgan fingerprint density at radius 1 is 1.36 bits per heavy atom. The molecule has 2 bridgehead atoms. The average Bonchev–Trinajstić information content (AvgIpc) is 3.08. The van der Waals surface area contributed by atoms with E-state index >= 15 is 0 Å². The molecule has 4 heterocycles. The summed E-state index contributed by atoms with van der Waals surface area (Å²) in [7, 11) is 0. The first-order valence-corrected chi connectivity index (χ1v) is 9.95. The second kappa shape index (κ2) is 7.54. The van der Waals surface area contributed by atoms with Crippen molar-refractivity contribution in [3.05, 3.63) is 17.5 Å². The molecule has 0 radical (unpaired) electrons. The number of rotatable bonds is 5. The fourth-order valence-corrected chi connectivity index (χ4v) is 5.25. The van der Waals surface area contributed by atoms with E-state index in [-0.39, 0.29) is 48.0 Å². The van der Waals surface area contributed by atoms with Gasteiger partial charge in [0.2, 0.25) is 11.8 Å². The number of nitrogens with two attached hydrogens (primary N) is 1. The van der Waals surface area contributed by atoms with Crippen molar-refractivity contribution in [3.63, 3.8) is 0 Å². The van der Waals surface area contributed by atoms with Gasteiger partial charge in [-0.3, -0.25) is 19.3 Å². The molecule has 3 amide bonds. The fraction of sp³-hybridized carbons (Fsp3) is 0.684. The van der Waals surface area contributed by atoms with Crippen LogP contribution in [-0.4, -0.2) is 70.9 Å². The van der Waals surface area contributed by atoms with E-state index in [1.54, 1.807) is 13.0 Å². The van der Waals surface area contributed by atoms with Gasteiger partial charge in [-0.15, -0.1) is 0 Å².